The van der Waals surface area contributed by atoms with Crippen molar-refractivity contribution in [2.75, 3.05) is 5.73 Å². The van der Waals surface area contributed by atoms with Gasteiger partial charge in [0, 0.05) is 17.0 Å². The lowest BCUT2D eigenvalue weighted by Gasteiger charge is -2.08. The summed E-state index contributed by atoms with van der Waals surface area (Å²) in [5, 5.41) is 1.12. The van der Waals surface area contributed by atoms with Gasteiger partial charge in [0.1, 0.15) is 4.83 Å². The van der Waals surface area contributed by atoms with Crippen LogP contribution in [0.15, 0.2) is 65.5 Å². The van der Waals surface area contributed by atoms with Gasteiger partial charge in [0.2, 0.25) is 0 Å². The number of para-hydroxylation sites is 1. The van der Waals surface area contributed by atoms with E-state index in [1.807, 2.05) is 62.4 Å². The quantitative estimate of drug-likeness (QED) is 0.538. The zero-order valence-electron chi connectivity index (χ0n) is 15.0. The number of pyridine rings is 1. The van der Waals surface area contributed by atoms with E-state index in [1.54, 1.807) is 10.6 Å². The molecule has 2 aromatic heterocycles. The summed E-state index contributed by atoms with van der Waals surface area (Å²) in [6, 6.07) is 18.2. The highest BCUT2D eigenvalue weighted by Crippen LogP contribution is 2.35. The Kier molecular flexibility index (Phi) is 4.16. The third-order valence-electron chi connectivity index (χ3n) is 4.78. The lowest BCUT2D eigenvalue weighted by molar-refractivity contribution is 0.104. The third-order valence-corrected chi connectivity index (χ3v) is 5.80. The number of nitrogens with two attached hydrogens (primary N) is 1. The van der Waals surface area contributed by atoms with Crippen molar-refractivity contribution >= 4 is 32.3 Å². The maximum absolute atomic E-state index is 13.2. The Balaban J connectivity index is 1.95. The minimum Gasteiger partial charge on any atom is -0.390 e. The molecule has 4 rings (SSSR count). The molecule has 0 bridgehead atoms. The largest absolute Gasteiger partial charge is 0.390 e. The Morgan fingerprint density at radius 3 is 2.41 bits per heavy atom. The van der Waals surface area contributed by atoms with Crippen molar-refractivity contribution in [3.05, 3.63) is 93.3 Å². The van der Waals surface area contributed by atoms with Crippen molar-refractivity contribution in [1.29, 1.82) is 0 Å². The van der Waals surface area contributed by atoms with Gasteiger partial charge in [-0.15, -0.1) is 0 Å². The number of thiophene rings is 1. The topological polar surface area (TPSA) is 65.1 Å². The summed E-state index contributed by atoms with van der Waals surface area (Å²) in [6.45, 7) is 3.99. The number of ketones is 1. The van der Waals surface area contributed by atoms with Crippen molar-refractivity contribution in [1.82, 2.24) is 4.57 Å². The zero-order chi connectivity index (χ0) is 19.1. The van der Waals surface area contributed by atoms with E-state index in [1.165, 1.54) is 17.4 Å². The number of aryl methyl sites for hydroxylation is 2. The van der Waals surface area contributed by atoms with Crippen LogP contribution in [0, 0.1) is 13.8 Å². The van der Waals surface area contributed by atoms with Gasteiger partial charge in [-0.05, 0) is 49.2 Å². The van der Waals surface area contributed by atoms with Gasteiger partial charge in [-0.25, -0.2) is 0 Å². The van der Waals surface area contributed by atoms with Crippen molar-refractivity contribution in [2.45, 2.75) is 13.8 Å². The molecule has 0 atom stereocenters. The van der Waals surface area contributed by atoms with Gasteiger partial charge in [-0.3, -0.25) is 14.2 Å². The number of rotatable bonds is 3. The van der Waals surface area contributed by atoms with Gasteiger partial charge in [0.15, 0.2) is 5.78 Å². The van der Waals surface area contributed by atoms with Crippen molar-refractivity contribution in [3.63, 3.8) is 0 Å². The molecule has 0 spiro atoms. The first-order valence-electron chi connectivity index (χ1n) is 8.59. The predicted octanol–water partition coefficient (Wildman–Crippen LogP) is 4.48. The average Bonchev–Trinajstić information content (AvgIpc) is 2.99. The van der Waals surface area contributed by atoms with Crippen molar-refractivity contribution in [2.24, 2.45) is 0 Å². The molecule has 4 nitrogen and oxygen atoms in total. The van der Waals surface area contributed by atoms with Crippen molar-refractivity contribution in [3.8, 4) is 5.69 Å². The third kappa shape index (κ3) is 2.86. The molecule has 0 radical (unpaired) electrons. The second kappa shape index (κ2) is 6.52. The van der Waals surface area contributed by atoms with Crippen LogP contribution < -0.4 is 11.3 Å². The molecule has 0 saturated heterocycles. The summed E-state index contributed by atoms with van der Waals surface area (Å²) >= 11 is 1.26. The molecule has 0 aliphatic rings. The number of benzene rings is 2. The molecular weight excluding hydrogens is 356 g/mol. The predicted molar refractivity (Wildman–Crippen MR) is 111 cm³/mol. The summed E-state index contributed by atoms with van der Waals surface area (Å²) in [7, 11) is 0. The van der Waals surface area contributed by atoms with Crippen LogP contribution in [0.3, 0.4) is 0 Å². The number of hydrogen-bond acceptors (Lipinski definition) is 4. The number of anilines is 1. The fraction of sp³-hybridized carbons (Fsp3) is 0.0909. The molecule has 0 unspecified atom stereocenters. The average molecular weight is 374 g/mol. The first-order chi connectivity index (χ1) is 13.0. The van der Waals surface area contributed by atoms with Crippen LogP contribution in [0.2, 0.25) is 0 Å². The minimum absolute atomic E-state index is 0.125. The summed E-state index contributed by atoms with van der Waals surface area (Å²) in [6.07, 6.45) is 0. The van der Waals surface area contributed by atoms with E-state index in [-0.39, 0.29) is 11.3 Å². The number of carbonyl (C=O) groups is 1. The van der Waals surface area contributed by atoms with E-state index in [0.29, 0.717) is 26.3 Å². The number of nitrogen functional groups attached to an aromatic ring is 1. The van der Waals surface area contributed by atoms with Gasteiger partial charge < -0.3 is 5.73 Å². The van der Waals surface area contributed by atoms with Crippen molar-refractivity contribution < 1.29 is 4.79 Å². The van der Waals surface area contributed by atoms with Crippen LogP contribution in [-0.4, -0.2) is 10.4 Å². The highest BCUT2D eigenvalue weighted by Gasteiger charge is 2.21. The molecule has 0 saturated carbocycles. The monoisotopic (exact) mass is 374 g/mol. The van der Waals surface area contributed by atoms with E-state index in [0.717, 1.165) is 16.8 Å². The molecule has 5 heteroatoms. The Morgan fingerprint density at radius 1 is 0.963 bits per heavy atom. The van der Waals surface area contributed by atoms with Crippen LogP contribution in [0.1, 0.15) is 27.0 Å². The molecule has 2 N–H and O–H groups in total. The first-order valence-corrected chi connectivity index (χ1v) is 9.40. The first kappa shape index (κ1) is 17.2. The van der Waals surface area contributed by atoms with E-state index in [4.69, 9.17) is 5.73 Å². The Hall–Kier alpha value is -3.18. The van der Waals surface area contributed by atoms with Gasteiger partial charge >= 0.3 is 0 Å². The molecule has 0 amide bonds. The molecular formula is C22H18N2O2S. The summed E-state index contributed by atoms with van der Waals surface area (Å²) < 4.78 is 1.60. The summed E-state index contributed by atoms with van der Waals surface area (Å²) in [4.78, 5) is 26.4. The zero-order valence-corrected chi connectivity index (χ0v) is 15.8. The van der Waals surface area contributed by atoms with E-state index in [9.17, 15) is 9.59 Å². The Bertz CT molecular complexity index is 1240. The van der Waals surface area contributed by atoms with Crippen LogP contribution >= 0.6 is 11.3 Å². The number of hydrogen-bond donors (Lipinski definition) is 1. The Labute approximate surface area is 160 Å². The lowest BCUT2D eigenvalue weighted by Crippen LogP contribution is -2.16. The second-order valence-corrected chi connectivity index (χ2v) is 7.56. The standard InChI is InChI=1S/C22H18N2O2S/c1-13-8-9-15(12-14(13)2)20(26)19-17-10-11-18(25)24(22(17)27-21(19)23)16-6-4-3-5-7-16/h3-12H,23H2,1-2H3. The highest BCUT2D eigenvalue weighted by atomic mass is 32.1. The van der Waals surface area contributed by atoms with Gasteiger partial charge in [-0.1, -0.05) is 41.7 Å². The number of fused-ring (bicyclic) bond motifs is 1. The Morgan fingerprint density at radius 2 is 1.70 bits per heavy atom. The molecule has 4 aromatic rings. The van der Waals surface area contributed by atoms with Crippen LogP contribution in [-0.2, 0) is 0 Å². The summed E-state index contributed by atoms with van der Waals surface area (Å²) in [5.41, 5.74) is 10.1. The number of carbonyl (C=O) groups excluding carboxylic acids is 1. The molecule has 2 heterocycles. The molecule has 0 fully saturated rings. The molecule has 2 aromatic carbocycles. The molecule has 134 valence electrons. The molecule has 27 heavy (non-hydrogen) atoms. The van der Waals surface area contributed by atoms with Gasteiger partial charge in [0.25, 0.3) is 5.56 Å². The SMILES string of the molecule is Cc1ccc(C(=O)c2c(N)sc3c2ccc(=O)n3-c2ccccc2)cc1C. The fourth-order valence-corrected chi connectivity index (χ4v) is 4.26. The maximum Gasteiger partial charge on any atom is 0.256 e. The van der Waals surface area contributed by atoms with E-state index in [2.05, 4.69) is 0 Å². The van der Waals surface area contributed by atoms with Crippen LogP contribution in [0.5, 0.6) is 0 Å². The smallest absolute Gasteiger partial charge is 0.256 e. The molecule has 0 aliphatic heterocycles. The van der Waals surface area contributed by atoms with Crippen LogP contribution in [0.4, 0.5) is 5.00 Å². The fourth-order valence-electron chi connectivity index (χ4n) is 3.18. The van der Waals surface area contributed by atoms with E-state index >= 15 is 0 Å². The maximum atomic E-state index is 13.2. The number of aromatic nitrogens is 1. The van der Waals surface area contributed by atoms with E-state index < -0.39 is 0 Å². The van der Waals surface area contributed by atoms with Gasteiger partial charge in [0.05, 0.1) is 16.3 Å². The molecule has 0 aliphatic carbocycles. The summed E-state index contributed by atoms with van der Waals surface area (Å²) in [5.74, 6) is -0.125. The minimum atomic E-state index is -0.153. The normalized spacial score (nSPS) is 11.0. The van der Waals surface area contributed by atoms with Gasteiger partial charge in [-0.2, -0.15) is 0 Å². The second-order valence-electron chi connectivity index (χ2n) is 6.53. The highest BCUT2D eigenvalue weighted by molar-refractivity contribution is 7.22. The number of nitrogens with zero attached hydrogens (tertiary/aromatic N) is 1. The van der Waals surface area contributed by atoms with Crippen LogP contribution in [0.25, 0.3) is 15.9 Å². The lowest BCUT2D eigenvalue weighted by atomic mass is 9.99.